The van der Waals surface area contributed by atoms with Gasteiger partial charge in [0, 0.05) is 12.5 Å². The number of ketones is 1. The molecule has 1 fully saturated rings. The Hall–Kier alpha value is -2.84. The van der Waals surface area contributed by atoms with E-state index in [4.69, 9.17) is 0 Å². The first kappa shape index (κ1) is 16.5. The number of carbonyl (C=O) groups excluding carboxylic acids is 1. The molecule has 1 aliphatic rings. The minimum Gasteiger partial charge on any atom is -0.480 e. The number of nitro groups is 2. The molecular formula is C14H14N2O7. The van der Waals surface area contributed by atoms with Crippen LogP contribution in [0.15, 0.2) is 12.1 Å². The standard InChI is InChI=1S/C14H14N2O7/c1-3-7(2)9-4-8(15(20)21)5-10(16(22)23)12(9)14(13(18)19)6-11(14)17/h4-5,7H,3,6H2,1-2H3,(H,18,19). The second-order valence-corrected chi connectivity index (χ2v) is 5.56. The third kappa shape index (κ3) is 2.43. The van der Waals surface area contributed by atoms with E-state index in [0.29, 0.717) is 6.42 Å². The maximum Gasteiger partial charge on any atom is 0.322 e. The van der Waals surface area contributed by atoms with Crippen LogP contribution in [0.25, 0.3) is 0 Å². The van der Waals surface area contributed by atoms with Crippen molar-refractivity contribution in [3.63, 3.8) is 0 Å². The Labute approximate surface area is 130 Å². The van der Waals surface area contributed by atoms with Gasteiger partial charge in [0.1, 0.15) is 0 Å². The SMILES string of the molecule is CCC(C)c1cc([N+](=O)[O-])cc([N+](=O)[O-])c1C1(C(=O)O)CC1=O. The van der Waals surface area contributed by atoms with Gasteiger partial charge in [-0.1, -0.05) is 13.8 Å². The lowest BCUT2D eigenvalue weighted by Gasteiger charge is -2.18. The van der Waals surface area contributed by atoms with E-state index in [2.05, 4.69) is 0 Å². The van der Waals surface area contributed by atoms with Crippen molar-refractivity contribution in [2.45, 2.75) is 38.0 Å². The van der Waals surface area contributed by atoms with Crippen molar-refractivity contribution >= 4 is 23.1 Å². The second kappa shape index (κ2) is 5.41. The number of nitrogens with zero attached hydrogens (tertiary/aromatic N) is 2. The summed E-state index contributed by atoms with van der Waals surface area (Å²) < 4.78 is 0. The molecule has 0 aliphatic heterocycles. The minimum absolute atomic E-state index is 0.168. The van der Waals surface area contributed by atoms with E-state index in [1.165, 1.54) is 0 Å². The lowest BCUT2D eigenvalue weighted by molar-refractivity contribution is -0.394. The van der Waals surface area contributed by atoms with E-state index < -0.39 is 38.4 Å². The molecule has 1 aromatic rings. The van der Waals surface area contributed by atoms with Gasteiger partial charge in [0.25, 0.3) is 11.4 Å². The summed E-state index contributed by atoms with van der Waals surface area (Å²) in [5, 5.41) is 31.8. The van der Waals surface area contributed by atoms with Gasteiger partial charge in [-0.2, -0.15) is 0 Å². The molecule has 1 N–H and O–H groups in total. The average Bonchev–Trinajstić information content (AvgIpc) is 3.17. The Balaban J connectivity index is 2.87. The number of rotatable bonds is 6. The number of carboxylic acid groups (broad SMARTS) is 1. The topological polar surface area (TPSA) is 141 Å². The number of hydrogen-bond acceptors (Lipinski definition) is 6. The lowest BCUT2D eigenvalue weighted by atomic mass is 9.83. The molecular weight excluding hydrogens is 308 g/mol. The lowest BCUT2D eigenvalue weighted by Crippen LogP contribution is -2.26. The van der Waals surface area contributed by atoms with E-state index in [1.54, 1.807) is 13.8 Å². The van der Waals surface area contributed by atoms with Gasteiger partial charge < -0.3 is 5.11 Å². The molecule has 2 atom stereocenters. The molecule has 2 rings (SSSR count). The maximum absolute atomic E-state index is 11.8. The Bertz CT molecular complexity index is 743. The first-order valence-electron chi connectivity index (χ1n) is 6.90. The maximum atomic E-state index is 11.8. The summed E-state index contributed by atoms with van der Waals surface area (Å²) in [5.41, 5.74) is -3.20. The number of Topliss-reactive ketones (excluding diaryl/α,β-unsaturated/α-hetero) is 1. The molecule has 1 saturated carbocycles. The summed E-state index contributed by atoms with van der Waals surface area (Å²) in [7, 11) is 0. The zero-order chi connectivity index (χ0) is 17.5. The molecule has 9 nitrogen and oxygen atoms in total. The molecule has 9 heteroatoms. The molecule has 122 valence electrons. The number of nitro benzene ring substituents is 2. The van der Waals surface area contributed by atoms with Crippen LogP contribution >= 0.6 is 0 Å². The van der Waals surface area contributed by atoms with Gasteiger partial charge in [0.2, 0.25) is 0 Å². The summed E-state index contributed by atoms with van der Waals surface area (Å²) in [5.74, 6) is -2.47. The number of aliphatic carboxylic acids is 1. The molecule has 1 aliphatic carbocycles. The molecule has 23 heavy (non-hydrogen) atoms. The first-order valence-corrected chi connectivity index (χ1v) is 6.90. The van der Waals surface area contributed by atoms with Crippen molar-refractivity contribution in [1.29, 1.82) is 0 Å². The van der Waals surface area contributed by atoms with Gasteiger partial charge in [-0.15, -0.1) is 0 Å². The fraction of sp³-hybridized carbons (Fsp3) is 0.429. The summed E-state index contributed by atoms with van der Waals surface area (Å²) in [6.07, 6.45) is 0.139. The third-order valence-corrected chi connectivity index (χ3v) is 4.25. The number of carbonyl (C=O) groups is 2. The van der Waals surface area contributed by atoms with Gasteiger partial charge in [-0.05, 0) is 17.9 Å². The van der Waals surface area contributed by atoms with Crippen LogP contribution in [0.5, 0.6) is 0 Å². The van der Waals surface area contributed by atoms with Crippen molar-refractivity contribution < 1.29 is 24.5 Å². The predicted molar refractivity (Wildman–Crippen MR) is 77.4 cm³/mol. The summed E-state index contributed by atoms with van der Waals surface area (Å²) >= 11 is 0. The van der Waals surface area contributed by atoms with Crippen LogP contribution in [-0.4, -0.2) is 26.7 Å². The van der Waals surface area contributed by atoms with Crippen LogP contribution < -0.4 is 0 Å². The molecule has 0 amide bonds. The van der Waals surface area contributed by atoms with Gasteiger partial charge in [-0.3, -0.25) is 29.8 Å². The average molecular weight is 322 g/mol. The van der Waals surface area contributed by atoms with Crippen molar-refractivity contribution in [1.82, 2.24) is 0 Å². The highest BCUT2D eigenvalue weighted by molar-refractivity contribution is 6.23. The highest BCUT2D eigenvalue weighted by Gasteiger charge is 2.65. The van der Waals surface area contributed by atoms with Crippen LogP contribution in [0, 0.1) is 20.2 Å². The monoisotopic (exact) mass is 322 g/mol. The highest BCUT2D eigenvalue weighted by Crippen LogP contribution is 2.52. The van der Waals surface area contributed by atoms with Crippen molar-refractivity contribution in [2.24, 2.45) is 0 Å². The first-order chi connectivity index (χ1) is 10.7. The quantitative estimate of drug-likeness (QED) is 0.481. The predicted octanol–water partition coefficient (Wildman–Crippen LogP) is 2.31. The molecule has 0 aromatic heterocycles. The highest BCUT2D eigenvalue weighted by atomic mass is 16.6. The number of hydrogen-bond donors (Lipinski definition) is 1. The Morgan fingerprint density at radius 2 is 1.91 bits per heavy atom. The molecule has 1 aromatic carbocycles. The summed E-state index contributed by atoms with van der Waals surface area (Å²) in [6.45, 7) is 3.44. The van der Waals surface area contributed by atoms with Crippen molar-refractivity contribution in [3.05, 3.63) is 43.5 Å². The fourth-order valence-corrected chi connectivity index (χ4v) is 2.68. The van der Waals surface area contributed by atoms with E-state index in [-0.39, 0.29) is 23.5 Å². The largest absolute Gasteiger partial charge is 0.480 e. The third-order valence-electron chi connectivity index (χ3n) is 4.25. The fourth-order valence-electron chi connectivity index (χ4n) is 2.68. The van der Waals surface area contributed by atoms with E-state index in [9.17, 15) is 34.9 Å². The van der Waals surface area contributed by atoms with Gasteiger partial charge in [0.15, 0.2) is 11.2 Å². The molecule has 0 saturated heterocycles. The molecule has 0 heterocycles. The minimum atomic E-state index is -1.96. The Kier molecular flexibility index (Phi) is 3.89. The van der Waals surface area contributed by atoms with E-state index in [0.717, 1.165) is 12.1 Å². The van der Waals surface area contributed by atoms with Crippen LogP contribution in [0.2, 0.25) is 0 Å². The van der Waals surface area contributed by atoms with Crippen LogP contribution in [0.3, 0.4) is 0 Å². The van der Waals surface area contributed by atoms with Crippen molar-refractivity contribution in [3.8, 4) is 0 Å². The molecule has 0 spiro atoms. The van der Waals surface area contributed by atoms with Gasteiger partial charge >= 0.3 is 5.97 Å². The Morgan fingerprint density at radius 3 is 2.26 bits per heavy atom. The smallest absolute Gasteiger partial charge is 0.322 e. The normalized spacial score (nSPS) is 20.9. The number of carboxylic acids is 1. The number of non-ortho nitro benzene ring substituents is 1. The molecule has 0 radical (unpaired) electrons. The zero-order valence-corrected chi connectivity index (χ0v) is 12.4. The molecule has 0 bridgehead atoms. The summed E-state index contributed by atoms with van der Waals surface area (Å²) in [6, 6.07) is 1.85. The van der Waals surface area contributed by atoms with Crippen LogP contribution in [0.1, 0.15) is 43.7 Å². The van der Waals surface area contributed by atoms with Crippen molar-refractivity contribution in [2.75, 3.05) is 0 Å². The van der Waals surface area contributed by atoms with Gasteiger partial charge in [0.05, 0.1) is 21.5 Å². The van der Waals surface area contributed by atoms with Gasteiger partial charge in [-0.25, -0.2) is 0 Å². The summed E-state index contributed by atoms with van der Waals surface area (Å²) in [4.78, 5) is 44.1. The van der Waals surface area contributed by atoms with E-state index >= 15 is 0 Å². The number of benzene rings is 1. The van der Waals surface area contributed by atoms with Crippen LogP contribution in [-0.2, 0) is 15.0 Å². The molecule has 2 unspecified atom stereocenters. The van der Waals surface area contributed by atoms with E-state index in [1.807, 2.05) is 0 Å². The van der Waals surface area contributed by atoms with Crippen LogP contribution in [0.4, 0.5) is 11.4 Å². The Morgan fingerprint density at radius 1 is 1.35 bits per heavy atom. The second-order valence-electron chi connectivity index (χ2n) is 5.56. The zero-order valence-electron chi connectivity index (χ0n) is 12.4.